The third-order valence-electron chi connectivity index (χ3n) is 5.70. The number of nitrogens with one attached hydrogen (secondary N) is 1. The third-order valence-corrected chi connectivity index (χ3v) is 6.75. The monoisotopic (exact) mass is 420 g/mol. The SMILES string of the molecule is Cc1nnc(S[C@H](C)C(=O)Nc2ccccc2-c2ccccc2)n1C1CCCCC1. The molecule has 1 N–H and O–H groups in total. The molecule has 0 unspecified atom stereocenters. The maximum absolute atomic E-state index is 13.0. The number of aryl methyl sites for hydroxylation is 1. The van der Waals surface area contributed by atoms with E-state index in [9.17, 15) is 4.79 Å². The minimum absolute atomic E-state index is 0.0285. The first-order valence-electron chi connectivity index (χ1n) is 10.7. The highest BCUT2D eigenvalue weighted by atomic mass is 32.2. The number of amides is 1. The normalized spacial score (nSPS) is 15.7. The van der Waals surface area contributed by atoms with Crippen molar-refractivity contribution in [2.24, 2.45) is 0 Å². The van der Waals surface area contributed by atoms with Crippen LogP contribution in [0.5, 0.6) is 0 Å². The minimum atomic E-state index is -0.278. The van der Waals surface area contributed by atoms with Crippen molar-refractivity contribution >= 4 is 23.4 Å². The van der Waals surface area contributed by atoms with E-state index in [0.717, 1.165) is 40.6 Å². The minimum Gasteiger partial charge on any atom is -0.325 e. The summed E-state index contributed by atoms with van der Waals surface area (Å²) in [6.07, 6.45) is 6.13. The summed E-state index contributed by atoms with van der Waals surface area (Å²) in [7, 11) is 0. The van der Waals surface area contributed by atoms with Gasteiger partial charge >= 0.3 is 0 Å². The molecular weight excluding hydrogens is 392 g/mol. The molecule has 6 heteroatoms. The zero-order chi connectivity index (χ0) is 20.9. The molecule has 1 fully saturated rings. The molecule has 30 heavy (non-hydrogen) atoms. The van der Waals surface area contributed by atoms with Crippen molar-refractivity contribution in [3.63, 3.8) is 0 Å². The van der Waals surface area contributed by atoms with E-state index in [-0.39, 0.29) is 11.2 Å². The maximum Gasteiger partial charge on any atom is 0.237 e. The Labute approximate surface area is 182 Å². The van der Waals surface area contributed by atoms with Crippen LogP contribution in [0.2, 0.25) is 0 Å². The average molecular weight is 421 g/mol. The number of para-hydroxylation sites is 1. The average Bonchev–Trinajstić information content (AvgIpc) is 3.15. The van der Waals surface area contributed by atoms with Gasteiger partial charge in [0.2, 0.25) is 5.91 Å². The number of anilines is 1. The lowest BCUT2D eigenvalue weighted by Gasteiger charge is -2.25. The largest absolute Gasteiger partial charge is 0.325 e. The zero-order valence-electron chi connectivity index (χ0n) is 17.5. The Morgan fingerprint density at radius 1 is 1.03 bits per heavy atom. The van der Waals surface area contributed by atoms with Gasteiger partial charge in [0.1, 0.15) is 5.82 Å². The second kappa shape index (κ2) is 9.47. The second-order valence-electron chi connectivity index (χ2n) is 7.85. The first-order chi connectivity index (χ1) is 14.6. The molecule has 2 aromatic carbocycles. The molecule has 156 valence electrons. The quantitative estimate of drug-likeness (QED) is 0.506. The van der Waals surface area contributed by atoms with Gasteiger partial charge < -0.3 is 9.88 Å². The van der Waals surface area contributed by atoms with Crippen LogP contribution in [0.3, 0.4) is 0 Å². The molecule has 0 aliphatic heterocycles. The maximum atomic E-state index is 13.0. The molecule has 3 aromatic rings. The van der Waals surface area contributed by atoms with Gasteiger partial charge in [0.05, 0.1) is 5.25 Å². The van der Waals surface area contributed by atoms with Gasteiger partial charge in [-0.2, -0.15) is 0 Å². The van der Waals surface area contributed by atoms with Crippen molar-refractivity contribution < 1.29 is 4.79 Å². The van der Waals surface area contributed by atoms with E-state index in [0.29, 0.717) is 6.04 Å². The van der Waals surface area contributed by atoms with Crippen LogP contribution in [0.4, 0.5) is 5.69 Å². The Bertz CT molecular complexity index is 995. The van der Waals surface area contributed by atoms with Crippen molar-refractivity contribution in [1.82, 2.24) is 14.8 Å². The first-order valence-corrected chi connectivity index (χ1v) is 11.5. The van der Waals surface area contributed by atoms with E-state index in [1.54, 1.807) is 0 Å². The van der Waals surface area contributed by atoms with Crippen LogP contribution >= 0.6 is 11.8 Å². The van der Waals surface area contributed by atoms with Gasteiger partial charge in [0, 0.05) is 17.3 Å². The third kappa shape index (κ3) is 4.59. The number of nitrogens with zero attached hydrogens (tertiary/aromatic N) is 3. The lowest BCUT2D eigenvalue weighted by molar-refractivity contribution is -0.115. The van der Waals surface area contributed by atoms with E-state index in [2.05, 4.69) is 32.2 Å². The molecule has 1 saturated carbocycles. The van der Waals surface area contributed by atoms with Gasteiger partial charge in [-0.15, -0.1) is 10.2 Å². The molecule has 0 spiro atoms. The molecule has 1 atom stereocenters. The predicted molar refractivity (Wildman–Crippen MR) is 123 cm³/mol. The Morgan fingerprint density at radius 2 is 1.73 bits per heavy atom. The summed E-state index contributed by atoms with van der Waals surface area (Å²) in [5.41, 5.74) is 2.93. The predicted octanol–water partition coefficient (Wildman–Crippen LogP) is 5.88. The highest BCUT2D eigenvalue weighted by Crippen LogP contribution is 2.34. The number of rotatable bonds is 6. The van der Waals surface area contributed by atoms with Gasteiger partial charge in [0.25, 0.3) is 0 Å². The number of carbonyl (C=O) groups excluding carboxylic acids is 1. The van der Waals surface area contributed by atoms with E-state index < -0.39 is 0 Å². The van der Waals surface area contributed by atoms with Gasteiger partial charge in [-0.05, 0) is 38.3 Å². The van der Waals surface area contributed by atoms with Crippen LogP contribution in [0.1, 0.15) is 50.9 Å². The molecule has 1 aromatic heterocycles. The molecule has 5 nitrogen and oxygen atoms in total. The van der Waals surface area contributed by atoms with Crippen molar-refractivity contribution in [3.8, 4) is 11.1 Å². The zero-order valence-corrected chi connectivity index (χ0v) is 18.4. The second-order valence-corrected chi connectivity index (χ2v) is 9.16. The number of thioether (sulfide) groups is 1. The molecule has 0 radical (unpaired) electrons. The fourth-order valence-corrected chi connectivity index (χ4v) is 5.06. The van der Waals surface area contributed by atoms with Crippen LogP contribution in [-0.2, 0) is 4.79 Å². The number of hydrogen-bond acceptors (Lipinski definition) is 4. The van der Waals surface area contributed by atoms with E-state index in [1.165, 1.54) is 31.0 Å². The van der Waals surface area contributed by atoms with Crippen molar-refractivity contribution in [2.45, 2.75) is 62.4 Å². The molecule has 1 amide bonds. The van der Waals surface area contributed by atoms with E-state index in [4.69, 9.17) is 0 Å². The summed E-state index contributed by atoms with van der Waals surface area (Å²) in [6.45, 7) is 3.94. The van der Waals surface area contributed by atoms with E-state index >= 15 is 0 Å². The molecule has 1 heterocycles. The Morgan fingerprint density at radius 3 is 2.50 bits per heavy atom. The Kier molecular flexibility index (Phi) is 6.53. The van der Waals surface area contributed by atoms with Crippen LogP contribution < -0.4 is 5.32 Å². The molecule has 0 saturated heterocycles. The molecule has 1 aliphatic carbocycles. The van der Waals surface area contributed by atoms with E-state index in [1.807, 2.05) is 56.3 Å². The van der Waals surface area contributed by atoms with Crippen LogP contribution in [0.15, 0.2) is 59.8 Å². The Balaban J connectivity index is 1.49. The Hall–Kier alpha value is -2.60. The number of aromatic nitrogens is 3. The first kappa shape index (κ1) is 20.7. The van der Waals surface area contributed by atoms with Crippen LogP contribution in [0, 0.1) is 6.92 Å². The summed E-state index contributed by atoms with van der Waals surface area (Å²) < 4.78 is 2.24. The van der Waals surface area contributed by atoms with Gasteiger partial charge in [-0.3, -0.25) is 4.79 Å². The van der Waals surface area contributed by atoms with Crippen molar-refractivity contribution in [1.29, 1.82) is 0 Å². The molecule has 1 aliphatic rings. The van der Waals surface area contributed by atoms with Gasteiger partial charge in [-0.25, -0.2) is 0 Å². The lowest BCUT2D eigenvalue weighted by Crippen LogP contribution is -2.24. The van der Waals surface area contributed by atoms with Crippen molar-refractivity contribution in [2.75, 3.05) is 5.32 Å². The lowest BCUT2D eigenvalue weighted by atomic mass is 9.95. The number of carbonyl (C=O) groups is 1. The summed E-state index contributed by atoms with van der Waals surface area (Å²) in [6, 6.07) is 18.5. The van der Waals surface area contributed by atoms with Crippen molar-refractivity contribution in [3.05, 3.63) is 60.4 Å². The molecular formula is C24H28N4OS. The standard InChI is InChI=1S/C24H28N4OS/c1-17(30-24-27-26-18(2)28(24)20-13-7-4-8-14-20)23(29)25-22-16-10-9-15-21(22)19-11-5-3-6-12-19/h3,5-6,9-12,15-17,20H,4,7-8,13-14H2,1-2H3,(H,25,29)/t17-/m1/s1. The van der Waals surface area contributed by atoms with Crippen LogP contribution in [0.25, 0.3) is 11.1 Å². The van der Waals surface area contributed by atoms with Gasteiger partial charge in [0.15, 0.2) is 5.16 Å². The molecule has 0 bridgehead atoms. The van der Waals surface area contributed by atoms with Crippen LogP contribution in [-0.4, -0.2) is 25.9 Å². The summed E-state index contributed by atoms with van der Waals surface area (Å²) in [4.78, 5) is 13.0. The number of benzene rings is 2. The topological polar surface area (TPSA) is 59.8 Å². The van der Waals surface area contributed by atoms with Gasteiger partial charge in [-0.1, -0.05) is 79.6 Å². The summed E-state index contributed by atoms with van der Waals surface area (Å²) in [5, 5.41) is 12.4. The smallest absolute Gasteiger partial charge is 0.237 e. The number of hydrogen-bond donors (Lipinski definition) is 1. The summed E-state index contributed by atoms with van der Waals surface area (Å²) >= 11 is 1.49. The fourth-order valence-electron chi connectivity index (χ4n) is 4.10. The summed E-state index contributed by atoms with van der Waals surface area (Å²) in [5.74, 6) is 0.908. The molecule has 4 rings (SSSR count). The highest BCUT2D eigenvalue weighted by molar-refractivity contribution is 8.00. The fraction of sp³-hybridized carbons (Fsp3) is 0.375. The highest BCUT2D eigenvalue weighted by Gasteiger charge is 2.25.